The summed E-state index contributed by atoms with van der Waals surface area (Å²) in [6.07, 6.45) is 1.75. The Morgan fingerprint density at radius 2 is 2.12 bits per heavy atom. The normalized spacial score (nSPS) is 10.5. The minimum absolute atomic E-state index is 0.558. The van der Waals surface area contributed by atoms with Gasteiger partial charge in [0.05, 0.1) is 0 Å². The number of nitrogens with zero attached hydrogens (tertiary/aromatic N) is 2. The van der Waals surface area contributed by atoms with E-state index in [9.17, 15) is 5.02 Å². The van der Waals surface area contributed by atoms with Crippen molar-refractivity contribution in [3.8, 4) is 0 Å². The Morgan fingerprint density at radius 3 is 2.81 bits per heavy atom. The van der Waals surface area contributed by atoms with Gasteiger partial charge < -0.3 is 9.83 Å². The highest BCUT2D eigenvalue weighted by Gasteiger charge is 2.15. The van der Waals surface area contributed by atoms with E-state index in [4.69, 9.17) is 0 Å². The van der Waals surface area contributed by atoms with E-state index in [1.165, 1.54) is 0 Å². The second-order valence-corrected chi connectivity index (χ2v) is 4.66. The third kappa shape index (κ3) is 2.06. The second-order valence-electron chi connectivity index (χ2n) is 3.74. The number of fused-ring (bicyclic) bond motifs is 1. The third-order valence-corrected chi connectivity index (χ3v) is 3.10. The summed E-state index contributed by atoms with van der Waals surface area (Å²) in [5.41, 5.74) is 0. The van der Waals surface area contributed by atoms with Crippen molar-refractivity contribution in [1.82, 2.24) is 4.98 Å². The van der Waals surface area contributed by atoms with Crippen molar-refractivity contribution in [2.45, 2.75) is 6.82 Å². The van der Waals surface area contributed by atoms with Gasteiger partial charge in [-0.25, -0.2) is 4.98 Å². The van der Waals surface area contributed by atoms with Crippen molar-refractivity contribution < 1.29 is 5.02 Å². The molecule has 0 bridgehead atoms. The first-order valence-corrected chi connectivity index (χ1v) is 5.84. The van der Waals surface area contributed by atoms with Gasteiger partial charge in [0.25, 0.3) is 0 Å². The largest absolute Gasteiger partial charge is 0.432 e. The van der Waals surface area contributed by atoms with Gasteiger partial charge in [-0.15, -0.1) is 0 Å². The molecule has 0 aliphatic heterocycles. The molecule has 1 aromatic carbocycles. The van der Waals surface area contributed by atoms with Gasteiger partial charge in [-0.05, 0) is 37.5 Å². The van der Waals surface area contributed by atoms with E-state index in [0.717, 1.165) is 21.1 Å². The lowest BCUT2D eigenvalue weighted by molar-refractivity contribution is 0.575. The lowest BCUT2D eigenvalue weighted by Crippen LogP contribution is -2.33. The van der Waals surface area contributed by atoms with Crippen molar-refractivity contribution in [2.75, 3.05) is 11.9 Å². The lowest BCUT2D eigenvalue weighted by atomic mass is 9.85. The number of hydrogen-bond donors (Lipinski definition) is 1. The third-order valence-electron chi connectivity index (χ3n) is 2.60. The van der Waals surface area contributed by atoms with Gasteiger partial charge in [0, 0.05) is 16.1 Å². The quantitative estimate of drug-likeness (QED) is 0.858. The molecule has 1 N–H and O–H groups in total. The molecule has 0 saturated carbocycles. The fourth-order valence-corrected chi connectivity index (χ4v) is 1.94. The highest BCUT2D eigenvalue weighted by Crippen LogP contribution is 2.26. The highest BCUT2D eigenvalue weighted by molar-refractivity contribution is 9.10. The van der Waals surface area contributed by atoms with Crippen LogP contribution >= 0.6 is 15.9 Å². The molecule has 0 radical (unpaired) electrons. The summed E-state index contributed by atoms with van der Waals surface area (Å²) in [4.78, 5) is 6.06. The fraction of sp³-hybridized carbons (Fsp3) is 0.182. The summed E-state index contributed by atoms with van der Waals surface area (Å²) in [7, 11) is 1.27. The van der Waals surface area contributed by atoms with Gasteiger partial charge in [0.1, 0.15) is 5.82 Å². The molecule has 0 spiro atoms. The number of benzene rings is 1. The number of aromatic nitrogens is 1. The Hall–Kier alpha value is -1.07. The monoisotopic (exact) mass is 278 g/mol. The Kier molecular flexibility index (Phi) is 3.16. The van der Waals surface area contributed by atoms with Crippen LogP contribution in [0.4, 0.5) is 5.82 Å². The number of hydrogen-bond acceptors (Lipinski definition) is 3. The summed E-state index contributed by atoms with van der Waals surface area (Å²) in [6.45, 7) is 1.72. The minimum Gasteiger partial charge on any atom is -0.432 e. The Labute approximate surface area is 103 Å². The van der Waals surface area contributed by atoms with Gasteiger partial charge in [0.15, 0.2) is 0 Å². The van der Waals surface area contributed by atoms with Crippen molar-refractivity contribution in [2.24, 2.45) is 0 Å². The average molecular weight is 279 g/mol. The van der Waals surface area contributed by atoms with Crippen LogP contribution in [0.3, 0.4) is 0 Å². The summed E-state index contributed by atoms with van der Waals surface area (Å²) in [5.74, 6) is 0.786. The zero-order chi connectivity index (χ0) is 11.7. The molecule has 1 heterocycles. The number of pyridine rings is 1. The highest BCUT2D eigenvalue weighted by atomic mass is 79.9. The van der Waals surface area contributed by atoms with Crippen LogP contribution < -0.4 is 4.81 Å². The van der Waals surface area contributed by atoms with Crippen LogP contribution in [0.5, 0.6) is 0 Å². The summed E-state index contributed by atoms with van der Waals surface area (Å²) in [5, 5.41) is 11.7. The summed E-state index contributed by atoms with van der Waals surface area (Å²) >= 11 is 3.44. The maximum Gasteiger partial charge on any atom is 0.410 e. The number of anilines is 1. The lowest BCUT2D eigenvalue weighted by Gasteiger charge is -2.20. The van der Waals surface area contributed by atoms with Crippen LogP contribution in [0, 0.1) is 0 Å². The maximum absolute atomic E-state index is 9.58. The molecule has 0 amide bonds. The molecule has 0 unspecified atom stereocenters. The zero-order valence-corrected chi connectivity index (χ0v) is 10.8. The summed E-state index contributed by atoms with van der Waals surface area (Å²) in [6, 6.07) is 7.99. The van der Waals surface area contributed by atoms with Gasteiger partial charge in [0.2, 0.25) is 0 Å². The molecule has 2 aromatic rings. The van der Waals surface area contributed by atoms with E-state index in [1.54, 1.807) is 17.8 Å². The van der Waals surface area contributed by atoms with Gasteiger partial charge in [-0.2, -0.15) is 0 Å². The Bertz CT molecular complexity index is 518. The van der Waals surface area contributed by atoms with Crippen LogP contribution in [0.25, 0.3) is 10.8 Å². The molecule has 0 atom stereocenters. The van der Waals surface area contributed by atoms with Crippen LogP contribution in [0.1, 0.15) is 0 Å². The predicted molar refractivity (Wildman–Crippen MR) is 71.7 cm³/mol. The van der Waals surface area contributed by atoms with E-state index in [0.29, 0.717) is 0 Å². The van der Waals surface area contributed by atoms with E-state index >= 15 is 0 Å². The van der Waals surface area contributed by atoms with E-state index in [2.05, 4.69) is 20.9 Å². The standard InChI is InChI=1S/C11H12BBrN2O/c1-12(16)15(2)11-10-7-9(13)4-3-8(10)5-6-14-11/h3-7,16H,1-2H3. The molecule has 0 fully saturated rings. The molecule has 0 aliphatic carbocycles. The molecular weight excluding hydrogens is 267 g/mol. The van der Waals surface area contributed by atoms with E-state index in [-0.39, 0.29) is 0 Å². The number of halogens is 1. The van der Waals surface area contributed by atoms with Crippen molar-refractivity contribution in [1.29, 1.82) is 0 Å². The first kappa shape index (κ1) is 11.4. The maximum atomic E-state index is 9.58. The SMILES string of the molecule is CB(O)N(C)c1nccc2ccc(Br)cc12. The number of rotatable bonds is 2. The van der Waals surface area contributed by atoms with E-state index < -0.39 is 7.05 Å². The molecule has 3 nitrogen and oxygen atoms in total. The molecule has 0 aliphatic rings. The van der Waals surface area contributed by atoms with Crippen LogP contribution in [-0.4, -0.2) is 24.1 Å². The molecule has 82 valence electrons. The minimum atomic E-state index is -0.558. The van der Waals surface area contributed by atoms with Crippen molar-refractivity contribution in [3.05, 3.63) is 34.9 Å². The molecule has 2 rings (SSSR count). The van der Waals surface area contributed by atoms with Gasteiger partial charge >= 0.3 is 7.05 Å². The van der Waals surface area contributed by atoms with Crippen molar-refractivity contribution in [3.63, 3.8) is 0 Å². The zero-order valence-electron chi connectivity index (χ0n) is 9.18. The smallest absolute Gasteiger partial charge is 0.410 e. The average Bonchev–Trinajstić information content (AvgIpc) is 2.27. The first-order valence-electron chi connectivity index (χ1n) is 5.05. The topological polar surface area (TPSA) is 36.4 Å². The van der Waals surface area contributed by atoms with E-state index in [1.807, 2.05) is 31.3 Å². The van der Waals surface area contributed by atoms with Crippen LogP contribution in [-0.2, 0) is 0 Å². The Balaban J connectivity index is 2.65. The van der Waals surface area contributed by atoms with Crippen molar-refractivity contribution >= 4 is 39.6 Å². The van der Waals surface area contributed by atoms with Gasteiger partial charge in [-0.3, -0.25) is 0 Å². The summed E-state index contributed by atoms with van der Waals surface area (Å²) < 4.78 is 1.01. The molecule has 1 aromatic heterocycles. The molecule has 0 saturated heterocycles. The molecular formula is C11H12BBrN2O. The van der Waals surface area contributed by atoms with Crippen LogP contribution in [0.2, 0.25) is 6.82 Å². The van der Waals surface area contributed by atoms with Crippen LogP contribution in [0.15, 0.2) is 34.9 Å². The second kappa shape index (κ2) is 4.43. The fourth-order valence-electron chi connectivity index (χ4n) is 1.58. The Morgan fingerprint density at radius 1 is 1.38 bits per heavy atom. The molecule has 16 heavy (non-hydrogen) atoms. The first-order chi connectivity index (χ1) is 7.59. The van der Waals surface area contributed by atoms with Gasteiger partial charge in [-0.1, -0.05) is 22.0 Å². The predicted octanol–water partition coefficient (Wildman–Crippen LogP) is 2.54. The molecule has 5 heteroatoms.